The van der Waals surface area contributed by atoms with Gasteiger partial charge in [-0.15, -0.1) is 0 Å². The van der Waals surface area contributed by atoms with Crippen molar-refractivity contribution < 1.29 is 9.84 Å². The monoisotopic (exact) mass is 295 g/mol. The predicted molar refractivity (Wildman–Crippen MR) is 84.4 cm³/mol. The zero-order chi connectivity index (χ0) is 14.4. The Morgan fingerprint density at radius 1 is 1.35 bits per heavy atom. The van der Waals surface area contributed by atoms with Crippen molar-refractivity contribution in [3.63, 3.8) is 0 Å². The molecule has 20 heavy (non-hydrogen) atoms. The summed E-state index contributed by atoms with van der Waals surface area (Å²) in [7, 11) is 1.91. The van der Waals surface area contributed by atoms with Gasteiger partial charge in [0.25, 0.3) is 0 Å². The predicted octanol–water partition coefficient (Wildman–Crippen LogP) is 1.04. The van der Waals surface area contributed by atoms with Gasteiger partial charge in [-0.3, -0.25) is 4.90 Å². The van der Waals surface area contributed by atoms with E-state index in [9.17, 15) is 5.11 Å². The van der Waals surface area contributed by atoms with Gasteiger partial charge in [-0.1, -0.05) is 0 Å². The van der Waals surface area contributed by atoms with Gasteiger partial charge in [0.05, 0.1) is 13.2 Å². The highest BCUT2D eigenvalue weighted by Crippen LogP contribution is 2.17. The lowest BCUT2D eigenvalue weighted by atomic mass is 10.3. The minimum absolute atomic E-state index is 0.258. The van der Waals surface area contributed by atoms with Crippen LogP contribution in [0.4, 0.5) is 5.69 Å². The number of thiocarbonyl (C=S) groups is 1. The minimum Gasteiger partial charge on any atom is -0.508 e. The number of phenols is 1. The van der Waals surface area contributed by atoms with Crippen LogP contribution in [0.3, 0.4) is 0 Å². The van der Waals surface area contributed by atoms with Gasteiger partial charge in [0, 0.05) is 38.9 Å². The molecule has 6 heteroatoms. The average molecular weight is 295 g/mol. The van der Waals surface area contributed by atoms with Gasteiger partial charge >= 0.3 is 0 Å². The Labute approximate surface area is 125 Å². The summed E-state index contributed by atoms with van der Waals surface area (Å²) in [4.78, 5) is 4.26. The fourth-order valence-corrected chi connectivity index (χ4v) is 2.27. The average Bonchev–Trinajstić information content (AvgIpc) is 2.48. The molecule has 2 rings (SSSR count). The molecule has 0 unspecified atom stereocenters. The maximum atomic E-state index is 9.28. The Morgan fingerprint density at radius 3 is 2.65 bits per heavy atom. The normalized spacial score (nSPS) is 15.8. The van der Waals surface area contributed by atoms with E-state index in [-0.39, 0.29) is 5.75 Å². The van der Waals surface area contributed by atoms with Crippen molar-refractivity contribution in [1.29, 1.82) is 0 Å². The first-order valence-electron chi connectivity index (χ1n) is 6.77. The van der Waals surface area contributed by atoms with E-state index in [4.69, 9.17) is 17.0 Å². The topological polar surface area (TPSA) is 48.0 Å². The fourth-order valence-electron chi connectivity index (χ4n) is 2.06. The summed E-state index contributed by atoms with van der Waals surface area (Å²) in [5.41, 5.74) is 0.951. The van der Waals surface area contributed by atoms with Gasteiger partial charge in [-0.2, -0.15) is 0 Å². The molecule has 0 radical (unpaired) electrons. The summed E-state index contributed by atoms with van der Waals surface area (Å²) in [6, 6.07) is 6.99. The zero-order valence-corrected chi connectivity index (χ0v) is 12.5. The zero-order valence-electron chi connectivity index (χ0n) is 11.7. The van der Waals surface area contributed by atoms with Crippen molar-refractivity contribution in [3.05, 3.63) is 24.3 Å². The highest BCUT2D eigenvalue weighted by molar-refractivity contribution is 7.80. The van der Waals surface area contributed by atoms with E-state index in [1.165, 1.54) is 0 Å². The van der Waals surface area contributed by atoms with Crippen LogP contribution >= 0.6 is 12.2 Å². The molecule has 1 aliphatic rings. The third-order valence-corrected chi connectivity index (χ3v) is 3.77. The first-order valence-corrected chi connectivity index (χ1v) is 7.18. The molecular formula is C14H21N3O2S. The van der Waals surface area contributed by atoms with Crippen molar-refractivity contribution in [1.82, 2.24) is 10.2 Å². The summed E-state index contributed by atoms with van der Waals surface area (Å²) in [6.07, 6.45) is 0. The van der Waals surface area contributed by atoms with E-state index in [1.54, 1.807) is 12.1 Å². The number of ether oxygens (including phenoxy) is 1. The second-order valence-corrected chi connectivity index (χ2v) is 5.15. The number of hydrogen-bond donors (Lipinski definition) is 2. The number of nitrogens with zero attached hydrogens (tertiary/aromatic N) is 2. The number of anilines is 1. The summed E-state index contributed by atoms with van der Waals surface area (Å²) < 4.78 is 5.32. The van der Waals surface area contributed by atoms with Crippen molar-refractivity contribution >= 4 is 23.0 Å². The van der Waals surface area contributed by atoms with Crippen LogP contribution in [0.2, 0.25) is 0 Å². The molecule has 0 saturated carbocycles. The first kappa shape index (κ1) is 15.0. The van der Waals surface area contributed by atoms with Crippen LogP contribution in [0.25, 0.3) is 0 Å². The van der Waals surface area contributed by atoms with Gasteiger partial charge in [-0.05, 0) is 36.5 Å². The molecule has 1 heterocycles. The maximum Gasteiger partial charge on any atom is 0.173 e. The minimum atomic E-state index is 0.258. The van der Waals surface area contributed by atoms with E-state index in [0.717, 1.165) is 45.1 Å². The van der Waals surface area contributed by atoms with Crippen LogP contribution in [-0.2, 0) is 4.74 Å². The lowest BCUT2D eigenvalue weighted by Gasteiger charge is -2.27. The number of rotatable bonds is 4. The van der Waals surface area contributed by atoms with Gasteiger partial charge in [0.2, 0.25) is 0 Å². The SMILES string of the molecule is CN(C(=S)NCCN1CCOCC1)c1ccc(O)cc1. The molecule has 0 aromatic heterocycles. The van der Waals surface area contributed by atoms with Crippen LogP contribution in [-0.4, -0.2) is 61.6 Å². The summed E-state index contributed by atoms with van der Waals surface area (Å²) in [6.45, 7) is 5.40. The Bertz CT molecular complexity index is 433. The standard InChI is InChI=1S/C14H21N3O2S/c1-16(12-2-4-13(18)5-3-12)14(20)15-6-7-17-8-10-19-11-9-17/h2-5,18H,6-11H2,1H3,(H,15,20). The van der Waals surface area contributed by atoms with Crippen molar-refractivity contribution in [2.75, 3.05) is 51.3 Å². The molecular weight excluding hydrogens is 274 g/mol. The van der Waals surface area contributed by atoms with Crippen molar-refractivity contribution in [3.8, 4) is 5.75 Å². The van der Waals surface area contributed by atoms with Crippen molar-refractivity contribution in [2.45, 2.75) is 0 Å². The number of benzene rings is 1. The quantitative estimate of drug-likeness (QED) is 0.809. The summed E-state index contributed by atoms with van der Waals surface area (Å²) in [5.74, 6) is 0.258. The second kappa shape index (κ2) is 7.42. The third kappa shape index (κ3) is 4.33. The van der Waals surface area contributed by atoms with Crippen LogP contribution in [0, 0.1) is 0 Å². The molecule has 2 N–H and O–H groups in total. The molecule has 0 spiro atoms. The molecule has 110 valence electrons. The fraction of sp³-hybridized carbons (Fsp3) is 0.500. The molecule has 1 saturated heterocycles. The molecule has 1 aromatic rings. The maximum absolute atomic E-state index is 9.28. The van der Waals surface area contributed by atoms with E-state index in [2.05, 4.69) is 10.2 Å². The Hall–Kier alpha value is -1.37. The summed E-state index contributed by atoms with van der Waals surface area (Å²) in [5, 5.41) is 13.2. The molecule has 0 bridgehead atoms. The van der Waals surface area contributed by atoms with E-state index in [1.807, 2.05) is 24.1 Å². The lowest BCUT2D eigenvalue weighted by molar-refractivity contribution is 0.0389. The van der Waals surface area contributed by atoms with Crippen molar-refractivity contribution in [2.24, 2.45) is 0 Å². The molecule has 0 amide bonds. The highest BCUT2D eigenvalue weighted by atomic mass is 32.1. The van der Waals surface area contributed by atoms with Crippen LogP contribution in [0.15, 0.2) is 24.3 Å². The number of hydrogen-bond acceptors (Lipinski definition) is 4. The van der Waals surface area contributed by atoms with Gasteiger partial charge in [-0.25, -0.2) is 0 Å². The number of morpholine rings is 1. The van der Waals surface area contributed by atoms with Crippen LogP contribution in [0.1, 0.15) is 0 Å². The molecule has 0 aliphatic carbocycles. The first-order chi connectivity index (χ1) is 9.66. The largest absolute Gasteiger partial charge is 0.508 e. The number of aromatic hydroxyl groups is 1. The Morgan fingerprint density at radius 2 is 2.00 bits per heavy atom. The molecule has 1 fully saturated rings. The van der Waals surface area contributed by atoms with Gasteiger partial charge in [0.1, 0.15) is 5.75 Å². The highest BCUT2D eigenvalue weighted by Gasteiger charge is 2.11. The molecule has 1 aliphatic heterocycles. The lowest BCUT2D eigenvalue weighted by Crippen LogP contribution is -2.44. The Balaban J connectivity index is 1.74. The number of phenolic OH excluding ortho intramolecular Hbond substituents is 1. The second-order valence-electron chi connectivity index (χ2n) is 4.76. The van der Waals surface area contributed by atoms with E-state index >= 15 is 0 Å². The number of nitrogens with one attached hydrogen (secondary N) is 1. The van der Waals surface area contributed by atoms with Gasteiger partial charge < -0.3 is 20.1 Å². The summed E-state index contributed by atoms with van der Waals surface area (Å²) >= 11 is 5.37. The third-order valence-electron chi connectivity index (χ3n) is 3.35. The molecule has 5 nitrogen and oxygen atoms in total. The Kier molecular flexibility index (Phi) is 5.58. The van der Waals surface area contributed by atoms with Crippen LogP contribution < -0.4 is 10.2 Å². The smallest absolute Gasteiger partial charge is 0.173 e. The molecule has 0 atom stereocenters. The van der Waals surface area contributed by atoms with E-state index < -0.39 is 0 Å². The van der Waals surface area contributed by atoms with Crippen LogP contribution in [0.5, 0.6) is 5.75 Å². The van der Waals surface area contributed by atoms with Gasteiger partial charge in [0.15, 0.2) is 5.11 Å². The van der Waals surface area contributed by atoms with E-state index in [0.29, 0.717) is 5.11 Å². The molecule has 1 aromatic carbocycles.